The quantitative estimate of drug-likeness (QED) is 0.726. The van der Waals surface area contributed by atoms with E-state index >= 15 is 0 Å². The lowest BCUT2D eigenvalue weighted by Gasteiger charge is -2.10. The van der Waals surface area contributed by atoms with Gasteiger partial charge < -0.3 is 16.4 Å². The van der Waals surface area contributed by atoms with Crippen molar-refractivity contribution in [3.8, 4) is 0 Å². The van der Waals surface area contributed by atoms with Crippen LogP contribution < -0.4 is 16.4 Å². The summed E-state index contributed by atoms with van der Waals surface area (Å²) in [4.78, 5) is 24.5. The third kappa shape index (κ3) is 4.09. The second-order valence-corrected chi connectivity index (χ2v) is 5.37. The van der Waals surface area contributed by atoms with Crippen molar-refractivity contribution in [2.24, 2.45) is 5.73 Å². The zero-order valence-corrected chi connectivity index (χ0v) is 12.9. The van der Waals surface area contributed by atoms with Crippen LogP contribution in [0.3, 0.4) is 0 Å². The Morgan fingerprint density at radius 2 is 2.09 bits per heavy atom. The predicted octanol–water partition coefficient (Wildman–Crippen LogP) is 0.716. The number of carbonyl (C=O) groups excluding carboxylic acids is 2. The number of nitrogens with one attached hydrogen (secondary N) is 2. The molecule has 2 amide bonds. The van der Waals surface area contributed by atoms with Crippen LogP contribution in [0.5, 0.6) is 0 Å². The van der Waals surface area contributed by atoms with E-state index in [2.05, 4.69) is 20.2 Å². The van der Waals surface area contributed by atoms with Crippen molar-refractivity contribution in [3.05, 3.63) is 40.4 Å². The summed E-state index contributed by atoms with van der Waals surface area (Å²) in [7, 11) is 0. The number of anilines is 1. The molecule has 116 valence electrons. The Hall–Kier alpha value is -2.32. The molecule has 22 heavy (non-hydrogen) atoms. The molecule has 0 bridgehead atoms. The zero-order chi connectivity index (χ0) is 15.9. The van der Waals surface area contributed by atoms with Crippen molar-refractivity contribution >= 4 is 29.0 Å². The highest BCUT2D eigenvalue weighted by Gasteiger charge is 2.15. The molecule has 0 unspecified atom stereocenters. The normalized spacial score (nSPS) is 10.3. The molecule has 0 aliphatic carbocycles. The Morgan fingerprint density at radius 1 is 1.32 bits per heavy atom. The fraction of sp³-hybridized carbons (Fsp3) is 0.286. The number of nitrogens with zero attached hydrogens (tertiary/aromatic N) is 2. The molecular weight excluding hydrogens is 302 g/mol. The molecule has 1 aromatic heterocycles. The van der Waals surface area contributed by atoms with Gasteiger partial charge in [-0.3, -0.25) is 9.59 Å². The van der Waals surface area contributed by atoms with E-state index in [0.29, 0.717) is 29.3 Å². The second-order valence-electron chi connectivity index (χ2n) is 4.61. The highest BCUT2D eigenvalue weighted by atomic mass is 32.1. The molecule has 1 aromatic carbocycles. The van der Waals surface area contributed by atoms with Gasteiger partial charge in [-0.05, 0) is 30.1 Å². The summed E-state index contributed by atoms with van der Waals surface area (Å²) in [5.74, 6) is -0.412. The van der Waals surface area contributed by atoms with Crippen molar-refractivity contribution in [3.63, 3.8) is 0 Å². The minimum atomic E-state index is -0.276. The lowest BCUT2D eigenvalue weighted by atomic mass is 10.1. The highest BCUT2D eigenvalue weighted by molar-refractivity contribution is 7.08. The molecule has 0 saturated carbocycles. The van der Waals surface area contributed by atoms with Gasteiger partial charge in [-0.1, -0.05) is 22.7 Å². The fourth-order valence-electron chi connectivity index (χ4n) is 1.86. The van der Waals surface area contributed by atoms with Gasteiger partial charge in [0.25, 0.3) is 5.91 Å². The second kappa shape index (κ2) is 7.62. The van der Waals surface area contributed by atoms with E-state index in [4.69, 9.17) is 5.73 Å². The van der Waals surface area contributed by atoms with Crippen molar-refractivity contribution in [1.82, 2.24) is 14.9 Å². The van der Waals surface area contributed by atoms with Crippen LogP contribution in [0.4, 0.5) is 5.69 Å². The maximum atomic E-state index is 12.2. The molecule has 2 rings (SSSR count). The number of hydrogen-bond acceptors (Lipinski definition) is 6. The van der Waals surface area contributed by atoms with Gasteiger partial charge in [-0.2, -0.15) is 0 Å². The van der Waals surface area contributed by atoms with Crippen LogP contribution in [0.25, 0.3) is 0 Å². The Kier molecular flexibility index (Phi) is 5.56. The Labute approximate surface area is 132 Å². The van der Waals surface area contributed by atoms with Gasteiger partial charge in [-0.25, -0.2) is 0 Å². The summed E-state index contributed by atoms with van der Waals surface area (Å²) in [6.45, 7) is 2.55. The monoisotopic (exact) mass is 319 g/mol. The van der Waals surface area contributed by atoms with Gasteiger partial charge in [0.1, 0.15) is 4.88 Å². The molecule has 8 heteroatoms. The smallest absolute Gasteiger partial charge is 0.269 e. The van der Waals surface area contributed by atoms with Gasteiger partial charge in [0.2, 0.25) is 5.91 Å². The number of aromatic nitrogens is 2. The van der Waals surface area contributed by atoms with Gasteiger partial charge in [-0.15, -0.1) is 5.10 Å². The van der Waals surface area contributed by atoms with E-state index in [9.17, 15) is 9.59 Å². The number of aryl methyl sites for hydroxylation is 1. The summed E-state index contributed by atoms with van der Waals surface area (Å²) >= 11 is 1.04. The van der Waals surface area contributed by atoms with Crippen LogP contribution in [-0.4, -0.2) is 34.5 Å². The van der Waals surface area contributed by atoms with Gasteiger partial charge in [0, 0.05) is 18.8 Å². The molecule has 2 aromatic rings. The Bertz CT molecular complexity index is 671. The standard InChI is InChI=1S/C14H17N5O2S/c1-9-13(22-19-18-9)14(21)17-11-5-3-2-4-10(11)8-12(20)16-7-6-15/h2-5H,6-8,15H2,1H3,(H,16,20)(H,17,21). The van der Waals surface area contributed by atoms with Crippen LogP contribution >= 0.6 is 11.5 Å². The number of rotatable bonds is 6. The van der Waals surface area contributed by atoms with Crippen LogP contribution in [-0.2, 0) is 11.2 Å². The molecule has 1 heterocycles. The molecular formula is C14H17N5O2S. The first-order valence-electron chi connectivity index (χ1n) is 6.76. The Balaban J connectivity index is 2.10. The molecule has 0 aliphatic heterocycles. The van der Waals surface area contributed by atoms with Crippen LogP contribution in [0.1, 0.15) is 20.9 Å². The SMILES string of the molecule is Cc1nnsc1C(=O)Nc1ccccc1CC(=O)NCCN. The summed E-state index contributed by atoms with van der Waals surface area (Å²) in [6.07, 6.45) is 0.177. The largest absolute Gasteiger partial charge is 0.355 e. The topological polar surface area (TPSA) is 110 Å². The highest BCUT2D eigenvalue weighted by Crippen LogP contribution is 2.18. The number of carbonyl (C=O) groups is 2. The summed E-state index contributed by atoms with van der Waals surface area (Å²) in [5.41, 5.74) is 7.27. The minimum Gasteiger partial charge on any atom is -0.355 e. The van der Waals surface area contributed by atoms with E-state index in [0.717, 1.165) is 17.1 Å². The molecule has 0 fully saturated rings. The maximum absolute atomic E-state index is 12.2. The fourth-order valence-corrected chi connectivity index (χ4v) is 2.41. The molecule has 4 N–H and O–H groups in total. The first kappa shape index (κ1) is 16.1. The first-order chi connectivity index (χ1) is 10.6. The van der Waals surface area contributed by atoms with E-state index in [1.807, 2.05) is 6.07 Å². The molecule has 0 aliphatic rings. The Morgan fingerprint density at radius 3 is 2.77 bits per heavy atom. The minimum absolute atomic E-state index is 0.136. The lowest BCUT2D eigenvalue weighted by Crippen LogP contribution is -2.30. The average Bonchev–Trinajstić information content (AvgIpc) is 2.93. The number of nitrogens with two attached hydrogens (primary N) is 1. The number of benzene rings is 1. The number of hydrogen-bond donors (Lipinski definition) is 3. The summed E-state index contributed by atoms with van der Waals surface area (Å²) in [5, 5.41) is 9.32. The maximum Gasteiger partial charge on any atom is 0.269 e. The first-order valence-corrected chi connectivity index (χ1v) is 7.54. The van der Waals surface area contributed by atoms with Crippen LogP contribution in [0.15, 0.2) is 24.3 Å². The molecule has 0 spiro atoms. The van der Waals surface area contributed by atoms with E-state index in [1.165, 1.54) is 0 Å². The van der Waals surface area contributed by atoms with E-state index < -0.39 is 0 Å². The third-order valence-electron chi connectivity index (χ3n) is 2.94. The molecule has 0 radical (unpaired) electrons. The van der Waals surface area contributed by atoms with Gasteiger partial charge >= 0.3 is 0 Å². The van der Waals surface area contributed by atoms with Gasteiger partial charge in [0.15, 0.2) is 0 Å². The average molecular weight is 319 g/mol. The zero-order valence-electron chi connectivity index (χ0n) is 12.1. The molecule has 0 saturated heterocycles. The third-order valence-corrected chi connectivity index (χ3v) is 3.77. The van der Waals surface area contributed by atoms with Crippen molar-refractivity contribution in [2.75, 3.05) is 18.4 Å². The van der Waals surface area contributed by atoms with Crippen molar-refractivity contribution < 1.29 is 9.59 Å². The van der Waals surface area contributed by atoms with Crippen LogP contribution in [0, 0.1) is 6.92 Å². The van der Waals surface area contributed by atoms with Crippen LogP contribution in [0.2, 0.25) is 0 Å². The molecule has 0 atom stereocenters. The molecule has 7 nitrogen and oxygen atoms in total. The summed E-state index contributed by atoms with van der Waals surface area (Å²) in [6, 6.07) is 7.18. The van der Waals surface area contributed by atoms with E-state index in [1.54, 1.807) is 25.1 Å². The predicted molar refractivity (Wildman–Crippen MR) is 84.8 cm³/mol. The number of para-hydroxylation sites is 1. The van der Waals surface area contributed by atoms with E-state index in [-0.39, 0.29) is 18.2 Å². The van der Waals surface area contributed by atoms with Gasteiger partial charge in [0.05, 0.1) is 12.1 Å². The summed E-state index contributed by atoms with van der Waals surface area (Å²) < 4.78 is 3.74. The number of amides is 2. The lowest BCUT2D eigenvalue weighted by molar-refractivity contribution is -0.120. The van der Waals surface area contributed by atoms with Crippen molar-refractivity contribution in [1.29, 1.82) is 0 Å². The van der Waals surface area contributed by atoms with Crippen molar-refractivity contribution in [2.45, 2.75) is 13.3 Å².